The number of hydrogen-bond donors (Lipinski definition) is 0. The van der Waals surface area contributed by atoms with Crippen LogP contribution in [0.4, 0.5) is 34.1 Å². The molecule has 4 aliphatic rings. The number of benzene rings is 6. The molecule has 3 heterocycles. The number of fused-ring (bicyclic) bond motifs is 8. The van der Waals surface area contributed by atoms with Crippen molar-refractivity contribution < 1.29 is 0 Å². The van der Waals surface area contributed by atoms with Crippen molar-refractivity contribution in [1.82, 2.24) is 0 Å². The van der Waals surface area contributed by atoms with E-state index in [1.807, 2.05) is 11.3 Å². The lowest BCUT2D eigenvalue weighted by atomic mass is 9.35. The Morgan fingerprint density at radius 1 is 0.431 bits per heavy atom. The molecule has 0 unspecified atom stereocenters. The first kappa shape index (κ1) is 49.2. The lowest BCUT2D eigenvalue weighted by molar-refractivity contribution is 0.403. The predicted octanol–water partition coefficient (Wildman–Crippen LogP) is 17.8. The molecule has 0 amide bonds. The summed E-state index contributed by atoms with van der Waals surface area (Å²) in [5.41, 5.74) is 24.7. The summed E-state index contributed by atoms with van der Waals surface area (Å²) in [7, 11) is 0. The van der Waals surface area contributed by atoms with E-state index in [0.29, 0.717) is 0 Å². The Kier molecular flexibility index (Phi) is 10.4. The molecule has 7 aromatic rings. The molecule has 0 radical (unpaired) electrons. The van der Waals surface area contributed by atoms with E-state index < -0.39 is 0 Å². The summed E-state index contributed by atoms with van der Waals surface area (Å²) in [5, 5.41) is 1.35. The first-order valence-corrected chi connectivity index (χ1v) is 27.9. The van der Waals surface area contributed by atoms with Gasteiger partial charge in [0.05, 0.1) is 11.4 Å². The largest absolute Gasteiger partial charge is 0.311 e. The third-order valence-corrected chi connectivity index (χ3v) is 18.9. The van der Waals surface area contributed by atoms with Gasteiger partial charge in [-0.05, 0) is 166 Å². The number of thiophene rings is 1. The molecular weight excluding hydrogens is 888 g/mol. The zero-order valence-corrected chi connectivity index (χ0v) is 48.4. The van der Waals surface area contributed by atoms with Crippen LogP contribution < -0.4 is 25.5 Å². The molecule has 2 aliphatic heterocycles. The molecule has 6 aromatic carbocycles. The van der Waals surface area contributed by atoms with Gasteiger partial charge in [-0.1, -0.05) is 193 Å². The van der Waals surface area contributed by atoms with Gasteiger partial charge in [0.1, 0.15) is 0 Å². The van der Waals surface area contributed by atoms with Crippen LogP contribution in [-0.4, -0.2) is 6.71 Å². The first-order valence-electron chi connectivity index (χ1n) is 27.1. The average molecular weight is 969 g/mol. The maximum absolute atomic E-state index is 2.74. The van der Waals surface area contributed by atoms with Gasteiger partial charge < -0.3 is 9.80 Å². The molecule has 2 nitrogen and oxygen atoms in total. The minimum absolute atomic E-state index is 0.0192. The van der Waals surface area contributed by atoms with Crippen LogP contribution >= 0.6 is 11.3 Å². The molecular formula is C68H81BN2S. The van der Waals surface area contributed by atoms with Crippen molar-refractivity contribution in [2.75, 3.05) is 9.80 Å². The molecule has 0 saturated heterocycles. The summed E-state index contributed by atoms with van der Waals surface area (Å²) < 4.78 is 2.82. The van der Waals surface area contributed by atoms with Crippen LogP contribution in [0.1, 0.15) is 196 Å². The van der Waals surface area contributed by atoms with Crippen LogP contribution in [0.3, 0.4) is 0 Å². The zero-order valence-electron chi connectivity index (χ0n) is 47.6. The van der Waals surface area contributed by atoms with Crippen molar-refractivity contribution in [3.63, 3.8) is 0 Å². The highest BCUT2D eigenvalue weighted by molar-refractivity contribution is 7.33. The highest BCUT2D eigenvalue weighted by Crippen LogP contribution is 2.57. The van der Waals surface area contributed by atoms with Gasteiger partial charge >= 0.3 is 0 Å². The Morgan fingerprint density at radius 2 is 0.931 bits per heavy atom. The molecule has 2 aliphatic carbocycles. The summed E-state index contributed by atoms with van der Waals surface area (Å²) in [5.74, 6) is 0. The van der Waals surface area contributed by atoms with E-state index in [1.54, 1.807) is 0 Å². The van der Waals surface area contributed by atoms with E-state index in [4.69, 9.17) is 0 Å². The minimum Gasteiger partial charge on any atom is -0.311 e. The highest BCUT2D eigenvalue weighted by Gasteiger charge is 2.50. The minimum atomic E-state index is -0.132. The quantitative estimate of drug-likeness (QED) is 0.163. The standard InChI is InChI=1S/C68H81BN2S/c1-61(2,3)41-23-21-40(22-24-41)47-31-42(62(4,5)6)26-30-53(47)71-54-37-51-50(67(17,18)39-68(51,19)20)36-52(54)69-58-55(32-44(33-56(58)71)64(10,11)12)70(45-27-29-48-49(35-45)66(15,16)38-65(48,13)14)59-46-28-25-43(63(7,8)9)34-57(46)72-60(59)69/h21-37H,38-39H2,1-20H3. The number of hydrogen-bond acceptors (Lipinski definition) is 3. The second kappa shape index (κ2) is 15.3. The topological polar surface area (TPSA) is 6.48 Å². The average Bonchev–Trinajstić information content (AvgIpc) is 3.80. The monoisotopic (exact) mass is 969 g/mol. The van der Waals surface area contributed by atoms with Crippen molar-refractivity contribution in [3.8, 4) is 11.1 Å². The molecule has 0 atom stereocenters. The van der Waals surface area contributed by atoms with Gasteiger partial charge in [-0.3, -0.25) is 0 Å². The molecule has 0 N–H and O–H groups in total. The van der Waals surface area contributed by atoms with Gasteiger partial charge in [-0.25, -0.2) is 0 Å². The Labute approximate surface area is 438 Å². The maximum atomic E-state index is 2.74. The van der Waals surface area contributed by atoms with E-state index in [-0.39, 0.29) is 50.0 Å². The highest BCUT2D eigenvalue weighted by atomic mass is 32.1. The zero-order chi connectivity index (χ0) is 52.0. The normalized spacial score (nSPS) is 18.2. The summed E-state index contributed by atoms with van der Waals surface area (Å²) in [4.78, 5) is 5.47. The molecule has 1 aromatic heterocycles. The SMILES string of the molecule is CC(C)(C)c1ccc(-c2cc(C(C)(C)C)ccc2N2c3cc4c(cc3B3c5sc6cc(C(C)(C)C)ccc6c5N(c5ccc6c(c5)C(C)(C)CC6(C)C)c5cc(C(C)(C)C)cc2c53)C(C)(C)CC4(C)C)cc1. The fourth-order valence-electron chi connectivity index (χ4n) is 14.1. The lowest BCUT2D eigenvalue weighted by Crippen LogP contribution is -2.60. The Morgan fingerprint density at radius 3 is 1.51 bits per heavy atom. The fraction of sp³-hybridized carbons (Fsp3) is 0.441. The lowest BCUT2D eigenvalue weighted by Gasteiger charge is -2.45. The van der Waals surface area contributed by atoms with Crippen molar-refractivity contribution in [2.45, 2.75) is 195 Å². The summed E-state index contributed by atoms with van der Waals surface area (Å²) in [6.07, 6.45) is 2.25. The van der Waals surface area contributed by atoms with Crippen LogP contribution in [-0.2, 0) is 43.3 Å². The molecule has 0 bridgehead atoms. The second-order valence-electron chi connectivity index (χ2n) is 29.4. The third kappa shape index (κ3) is 7.52. The van der Waals surface area contributed by atoms with Crippen molar-refractivity contribution in [2.24, 2.45) is 0 Å². The van der Waals surface area contributed by atoms with E-state index in [0.717, 1.165) is 12.8 Å². The molecule has 0 fully saturated rings. The van der Waals surface area contributed by atoms with Gasteiger partial charge in [0.25, 0.3) is 6.71 Å². The van der Waals surface area contributed by atoms with Gasteiger partial charge in [-0.15, -0.1) is 11.3 Å². The van der Waals surface area contributed by atoms with Crippen LogP contribution in [0.2, 0.25) is 0 Å². The molecule has 4 heteroatoms. The van der Waals surface area contributed by atoms with Crippen LogP contribution in [0, 0.1) is 0 Å². The van der Waals surface area contributed by atoms with Crippen LogP contribution in [0.5, 0.6) is 0 Å². The molecule has 72 heavy (non-hydrogen) atoms. The Hall–Kier alpha value is -5.06. The molecule has 0 saturated carbocycles. The van der Waals surface area contributed by atoms with Crippen molar-refractivity contribution >= 4 is 78.0 Å². The predicted molar refractivity (Wildman–Crippen MR) is 317 cm³/mol. The fourth-order valence-corrected chi connectivity index (χ4v) is 15.4. The number of anilines is 6. The first-order chi connectivity index (χ1) is 33.2. The van der Waals surface area contributed by atoms with E-state index in [1.165, 1.54) is 116 Å². The number of nitrogens with zero attached hydrogens (tertiary/aromatic N) is 2. The van der Waals surface area contributed by atoms with Crippen LogP contribution in [0.15, 0.2) is 103 Å². The van der Waals surface area contributed by atoms with Gasteiger partial charge in [0, 0.05) is 43.2 Å². The molecule has 0 spiro atoms. The third-order valence-electron chi connectivity index (χ3n) is 17.6. The Balaban J connectivity index is 1.30. The van der Waals surface area contributed by atoms with Gasteiger partial charge in [0.15, 0.2) is 0 Å². The summed E-state index contributed by atoms with van der Waals surface area (Å²) >= 11 is 2.04. The second-order valence-corrected chi connectivity index (χ2v) is 30.5. The number of rotatable bonds is 3. The van der Waals surface area contributed by atoms with E-state index >= 15 is 0 Å². The summed E-state index contributed by atoms with van der Waals surface area (Å²) in [6.45, 7) is 48.1. The maximum Gasteiger partial charge on any atom is 0.264 e. The van der Waals surface area contributed by atoms with Crippen LogP contribution in [0.25, 0.3) is 21.2 Å². The smallest absolute Gasteiger partial charge is 0.264 e. The van der Waals surface area contributed by atoms with Crippen molar-refractivity contribution in [3.05, 3.63) is 148 Å². The summed E-state index contributed by atoms with van der Waals surface area (Å²) in [6, 6.07) is 42.4. The van der Waals surface area contributed by atoms with Gasteiger partial charge in [0.2, 0.25) is 0 Å². The van der Waals surface area contributed by atoms with Gasteiger partial charge in [-0.2, -0.15) is 0 Å². The Bertz CT molecular complexity index is 3400. The van der Waals surface area contributed by atoms with E-state index in [9.17, 15) is 0 Å². The molecule has 372 valence electrons. The molecule has 11 rings (SSSR count). The van der Waals surface area contributed by atoms with E-state index in [2.05, 4.69) is 251 Å². The van der Waals surface area contributed by atoms with Crippen molar-refractivity contribution in [1.29, 1.82) is 0 Å².